The highest BCUT2D eigenvalue weighted by Crippen LogP contribution is 2.24. The molecular weight excluding hydrogens is 322 g/mol. The molecule has 1 N–H and O–H groups in total. The Kier molecular flexibility index (Phi) is 5.82. The predicted octanol–water partition coefficient (Wildman–Crippen LogP) is -0.401. The van der Waals surface area contributed by atoms with E-state index < -0.39 is 5.60 Å². The molecule has 0 spiro atoms. The molecule has 1 aromatic rings. The molecule has 2 aliphatic rings. The average Bonchev–Trinajstić information content (AvgIpc) is 2.64. The average molecular weight is 349 g/mol. The van der Waals surface area contributed by atoms with Crippen LogP contribution < -0.4 is 4.90 Å². The summed E-state index contributed by atoms with van der Waals surface area (Å²) in [4.78, 5) is 27.2. The third-order valence-corrected chi connectivity index (χ3v) is 5.00. The minimum absolute atomic E-state index is 0.160. The Bertz CT molecular complexity index is 565. The Hall–Kier alpha value is -1.77. The highest BCUT2D eigenvalue weighted by molar-refractivity contribution is 5.86. The van der Waals surface area contributed by atoms with Crippen LogP contribution in [0.15, 0.2) is 18.6 Å². The maximum absolute atomic E-state index is 12.7. The number of hydrogen-bond donors (Lipinski definition) is 1. The molecule has 2 fully saturated rings. The van der Waals surface area contributed by atoms with Gasteiger partial charge in [0.05, 0.1) is 12.8 Å². The van der Waals surface area contributed by atoms with Gasteiger partial charge < -0.3 is 19.6 Å². The summed E-state index contributed by atoms with van der Waals surface area (Å²) in [5.41, 5.74) is -1.28. The molecule has 0 radical (unpaired) electrons. The van der Waals surface area contributed by atoms with E-state index in [4.69, 9.17) is 4.74 Å². The second-order valence-corrected chi connectivity index (χ2v) is 6.75. The lowest BCUT2D eigenvalue weighted by atomic mass is 9.91. The standard InChI is InChI=1S/C17H27N5O3/c1-25-12-11-22-6-2-3-17(24,16(22)23)14-20-7-9-21(10-8-20)15-13-18-4-5-19-15/h4-5,13,24H,2-3,6-12,14H2,1H3. The third-order valence-electron chi connectivity index (χ3n) is 5.00. The summed E-state index contributed by atoms with van der Waals surface area (Å²) in [6.45, 7) is 5.35. The van der Waals surface area contributed by atoms with Crippen LogP contribution in [-0.4, -0.2) is 95.9 Å². The normalized spacial score (nSPS) is 25.4. The van der Waals surface area contributed by atoms with Crippen LogP contribution in [0.4, 0.5) is 5.82 Å². The molecule has 2 aliphatic heterocycles. The number of ether oxygens (including phenoxy) is 1. The second-order valence-electron chi connectivity index (χ2n) is 6.75. The molecule has 3 heterocycles. The van der Waals surface area contributed by atoms with Gasteiger partial charge in [0.2, 0.25) is 0 Å². The first kappa shape index (κ1) is 18.0. The van der Waals surface area contributed by atoms with Crippen LogP contribution >= 0.6 is 0 Å². The Morgan fingerprint density at radius 3 is 2.72 bits per heavy atom. The molecule has 3 rings (SSSR count). The number of piperazine rings is 1. The SMILES string of the molecule is COCCN1CCCC(O)(CN2CCN(c3cnccn3)CC2)C1=O. The van der Waals surface area contributed by atoms with E-state index in [1.165, 1.54) is 0 Å². The smallest absolute Gasteiger partial charge is 0.255 e. The van der Waals surface area contributed by atoms with Gasteiger partial charge in [-0.05, 0) is 12.8 Å². The van der Waals surface area contributed by atoms with Crippen LogP contribution in [0, 0.1) is 0 Å². The molecule has 0 aromatic carbocycles. The van der Waals surface area contributed by atoms with Crippen LogP contribution in [0.1, 0.15) is 12.8 Å². The van der Waals surface area contributed by atoms with Crippen LogP contribution in [0.5, 0.6) is 0 Å². The number of methoxy groups -OCH3 is 1. The lowest BCUT2D eigenvalue weighted by Crippen LogP contribution is -2.61. The molecule has 8 heteroatoms. The maximum atomic E-state index is 12.7. The van der Waals surface area contributed by atoms with Gasteiger partial charge in [0, 0.05) is 65.3 Å². The monoisotopic (exact) mass is 349 g/mol. The van der Waals surface area contributed by atoms with E-state index >= 15 is 0 Å². The van der Waals surface area contributed by atoms with Crippen molar-refractivity contribution in [2.24, 2.45) is 0 Å². The minimum Gasteiger partial charge on any atom is -0.383 e. The van der Waals surface area contributed by atoms with E-state index in [1.807, 2.05) is 0 Å². The zero-order valence-electron chi connectivity index (χ0n) is 14.8. The highest BCUT2D eigenvalue weighted by atomic mass is 16.5. The van der Waals surface area contributed by atoms with Gasteiger partial charge in [0.15, 0.2) is 5.60 Å². The van der Waals surface area contributed by atoms with Gasteiger partial charge >= 0.3 is 0 Å². The Labute approximate surface area is 148 Å². The number of piperidine rings is 1. The van der Waals surface area contributed by atoms with E-state index in [-0.39, 0.29) is 5.91 Å². The summed E-state index contributed by atoms with van der Waals surface area (Å²) >= 11 is 0. The topological polar surface area (TPSA) is 82.0 Å². The van der Waals surface area contributed by atoms with Gasteiger partial charge in [-0.25, -0.2) is 4.98 Å². The summed E-state index contributed by atoms with van der Waals surface area (Å²) in [5, 5.41) is 10.9. The van der Waals surface area contributed by atoms with Crippen LogP contribution in [0.2, 0.25) is 0 Å². The van der Waals surface area contributed by atoms with E-state index in [1.54, 1.807) is 30.6 Å². The lowest BCUT2D eigenvalue weighted by molar-refractivity contribution is -0.160. The molecule has 8 nitrogen and oxygen atoms in total. The van der Waals surface area contributed by atoms with E-state index in [0.717, 1.165) is 38.4 Å². The molecule has 1 amide bonds. The largest absolute Gasteiger partial charge is 0.383 e. The Morgan fingerprint density at radius 1 is 1.24 bits per heavy atom. The van der Waals surface area contributed by atoms with Crippen LogP contribution in [0.3, 0.4) is 0 Å². The van der Waals surface area contributed by atoms with Crippen LogP contribution in [-0.2, 0) is 9.53 Å². The first-order valence-electron chi connectivity index (χ1n) is 8.86. The highest BCUT2D eigenvalue weighted by Gasteiger charge is 2.43. The summed E-state index contributed by atoms with van der Waals surface area (Å²) in [6.07, 6.45) is 6.48. The molecular formula is C17H27N5O3. The first-order chi connectivity index (χ1) is 12.1. The number of carbonyl (C=O) groups is 1. The number of anilines is 1. The third kappa shape index (κ3) is 4.26. The van der Waals surface area contributed by atoms with E-state index in [9.17, 15) is 9.90 Å². The number of rotatable bonds is 6. The van der Waals surface area contributed by atoms with Crippen molar-refractivity contribution >= 4 is 11.7 Å². The fourth-order valence-corrected chi connectivity index (χ4v) is 3.59. The number of aliphatic hydroxyl groups is 1. The molecule has 138 valence electrons. The van der Waals surface area contributed by atoms with Gasteiger partial charge in [-0.1, -0.05) is 0 Å². The minimum atomic E-state index is -1.28. The molecule has 25 heavy (non-hydrogen) atoms. The number of β-amino-alcohol motifs (C(OH)–C–C–N with tert-alkyl or cyclic N) is 1. The molecule has 0 saturated carbocycles. The van der Waals surface area contributed by atoms with Crippen molar-refractivity contribution in [3.8, 4) is 0 Å². The number of hydrogen-bond acceptors (Lipinski definition) is 7. The van der Waals surface area contributed by atoms with Crippen LogP contribution in [0.25, 0.3) is 0 Å². The van der Waals surface area contributed by atoms with Gasteiger partial charge in [-0.15, -0.1) is 0 Å². The van der Waals surface area contributed by atoms with Crippen molar-refractivity contribution in [2.45, 2.75) is 18.4 Å². The maximum Gasteiger partial charge on any atom is 0.255 e. The molecule has 0 aliphatic carbocycles. The number of nitrogens with zero attached hydrogens (tertiary/aromatic N) is 5. The number of likely N-dealkylation sites (tertiary alicyclic amines) is 1. The quantitative estimate of drug-likeness (QED) is 0.748. The van der Waals surface area contributed by atoms with Crippen molar-refractivity contribution < 1.29 is 14.6 Å². The first-order valence-corrected chi connectivity index (χ1v) is 8.86. The summed E-state index contributed by atoms with van der Waals surface area (Å²) < 4.78 is 5.06. The Balaban J connectivity index is 1.54. The van der Waals surface area contributed by atoms with Crippen molar-refractivity contribution in [3.63, 3.8) is 0 Å². The zero-order valence-corrected chi connectivity index (χ0v) is 14.8. The zero-order chi connectivity index (χ0) is 17.7. The van der Waals surface area contributed by atoms with Gasteiger partial charge in [0.25, 0.3) is 5.91 Å². The molecule has 0 bridgehead atoms. The number of amides is 1. The second kappa shape index (κ2) is 8.07. The summed E-state index contributed by atoms with van der Waals surface area (Å²) in [5.74, 6) is 0.715. The fraction of sp³-hybridized carbons (Fsp3) is 0.706. The molecule has 1 atom stereocenters. The van der Waals surface area contributed by atoms with Gasteiger partial charge in [-0.3, -0.25) is 14.7 Å². The molecule has 2 saturated heterocycles. The van der Waals surface area contributed by atoms with E-state index in [2.05, 4.69) is 19.8 Å². The van der Waals surface area contributed by atoms with Crippen molar-refractivity contribution in [1.82, 2.24) is 19.8 Å². The van der Waals surface area contributed by atoms with Gasteiger partial charge in [-0.2, -0.15) is 0 Å². The number of carbonyl (C=O) groups excluding carboxylic acids is 1. The lowest BCUT2D eigenvalue weighted by Gasteiger charge is -2.43. The summed E-state index contributed by atoms with van der Waals surface area (Å²) in [7, 11) is 1.62. The summed E-state index contributed by atoms with van der Waals surface area (Å²) in [6, 6.07) is 0. The van der Waals surface area contributed by atoms with Gasteiger partial charge in [0.1, 0.15) is 5.82 Å². The molecule has 1 aromatic heterocycles. The fourth-order valence-electron chi connectivity index (χ4n) is 3.59. The predicted molar refractivity (Wildman–Crippen MR) is 93.3 cm³/mol. The number of aromatic nitrogens is 2. The molecule has 1 unspecified atom stereocenters. The van der Waals surface area contributed by atoms with Crippen molar-refractivity contribution in [2.75, 3.05) is 64.4 Å². The van der Waals surface area contributed by atoms with Crippen molar-refractivity contribution in [1.29, 1.82) is 0 Å². The van der Waals surface area contributed by atoms with Crippen molar-refractivity contribution in [3.05, 3.63) is 18.6 Å². The Morgan fingerprint density at radius 2 is 2.04 bits per heavy atom. The van der Waals surface area contributed by atoms with E-state index in [0.29, 0.717) is 32.7 Å².